The summed E-state index contributed by atoms with van der Waals surface area (Å²) in [6.45, 7) is 5.72. The van der Waals surface area contributed by atoms with Gasteiger partial charge in [-0.1, -0.05) is 6.92 Å². The second kappa shape index (κ2) is 7.54. The van der Waals surface area contributed by atoms with E-state index in [-0.39, 0.29) is 0 Å². The summed E-state index contributed by atoms with van der Waals surface area (Å²) in [5, 5.41) is 3.41. The van der Waals surface area contributed by atoms with Crippen molar-refractivity contribution in [2.45, 2.75) is 24.7 Å². The quantitative estimate of drug-likeness (QED) is 0.608. The predicted molar refractivity (Wildman–Crippen MR) is 75.9 cm³/mol. The minimum atomic E-state index is 0.655. The first-order valence-corrected chi connectivity index (χ1v) is 7.62. The summed E-state index contributed by atoms with van der Waals surface area (Å²) in [5.74, 6) is 2.89. The number of thioether (sulfide) groups is 1. The number of rotatable bonds is 7. The Hall–Kier alpha value is -0.870. The molecule has 0 radical (unpaired) electrons. The highest BCUT2D eigenvalue weighted by Gasteiger charge is 2.11. The largest absolute Gasteiger partial charge is 0.486 e. The third-order valence-corrected chi connectivity index (χ3v) is 3.79. The first-order chi connectivity index (χ1) is 8.90. The van der Waals surface area contributed by atoms with Gasteiger partial charge in [0.2, 0.25) is 0 Å². The van der Waals surface area contributed by atoms with E-state index in [4.69, 9.17) is 9.47 Å². The first-order valence-electron chi connectivity index (χ1n) is 6.63. The molecule has 1 aromatic rings. The van der Waals surface area contributed by atoms with Crippen LogP contribution >= 0.6 is 11.8 Å². The molecule has 0 aromatic heterocycles. The molecule has 1 aliphatic rings. The third kappa shape index (κ3) is 4.10. The van der Waals surface area contributed by atoms with Crippen LogP contribution in [-0.4, -0.2) is 32.1 Å². The van der Waals surface area contributed by atoms with Gasteiger partial charge in [-0.15, -0.1) is 11.8 Å². The fourth-order valence-corrected chi connectivity index (χ4v) is 2.68. The Balaban J connectivity index is 1.72. The summed E-state index contributed by atoms with van der Waals surface area (Å²) in [4.78, 5) is 1.26. The van der Waals surface area contributed by atoms with Crippen LogP contribution in [0.2, 0.25) is 0 Å². The molecule has 0 saturated heterocycles. The third-order valence-electron chi connectivity index (χ3n) is 2.71. The number of benzene rings is 1. The molecule has 4 heteroatoms. The Labute approximate surface area is 113 Å². The molecule has 1 aliphatic heterocycles. The van der Waals surface area contributed by atoms with Crippen molar-refractivity contribution >= 4 is 11.8 Å². The highest BCUT2D eigenvalue weighted by atomic mass is 32.2. The van der Waals surface area contributed by atoms with E-state index in [1.807, 2.05) is 17.8 Å². The minimum Gasteiger partial charge on any atom is -0.486 e. The summed E-state index contributed by atoms with van der Waals surface area (Å²) >= 11 is 1.88. The SMILES string of the molecule is CCCNCCCSc1ccc2c(c1)OCCO2. The highest BCUT2D eigenvalue weighted by Crippen LogP contribution is 2.34. The van der Waals surface area contributed by atoms with Crippen molar-refractivity contribution in [2.75, 3.05) is 32.1 Å². The van der Waals surface area contributed by atoms with Crippen molar-refractivity contribution in [1.29, 1.82) is 0 Å². The first kappa shape index (κ1) is 13.6. The Morgan fingerprint density at radius 1 is 1.17 bits per heavy atom. The normalized spacial score (nSPS) is 13.6. The van der Waals surface area contributed by atoms with Crippen LogP contribution in [0.1, 0.15) is 19.8 Å². The molecule has 1 heterocycles. The predicted octanol–water partition coefficient (Wildman–Crippen LogP) is 2.94. The van der Waals surface area contributed by atoms with E-state index in [2.05, 4.69) is 24.4 Å². The van der Waals surface area contributed by atoms with E-state index >= 15 is 0 Å². The van der Waals surface area contributed by atoms with Gasteiger partial charge in [0.1, 0.15) is 13.2 Å². The lowest BCUT2D eigenvalue weighted by atomic mass is 10.3. The van der Waals surface area contributed by atoms with Gasteiger partial charge < -0.3 is 14.8 Å². The van der Waals surface area contributed by atoms with Crippen LogP contribution in [0.4, 0.5) is 0 Å². The second-order valence-corrected chi connectivity index (χ2v) is 5.43. The zero-order valence-electron chi connectivity index (χ0n) is 10.9. The molecule has 0 saturated carbocycles. The Morgan fingerprint density at radius 2 is 2.00 bits per heavy atom. The van der Waals surface area contributed by atoms with E-state index in [0.29, 0.717) is 13.2 Å². The van der Waals surface area contributed by atoms with Crippen LogP contribution in [0.25, 0.3) is 0 Å². The lowest BCUT2D eigenvalue weighted by molar-refractivity contribution is 0.171. The molecule has 2 rings (SSSR count). The summed E-state index contributed by atoms with van der Waals surface area (Å²) in [6, 6.07) is 6.20. The molecule has 1 N–H and O–H groups in total. The lowest BCUT2D eigenvalue weighted by Crippen LogP contribution is -2.16. The Morgan fingerprint density at radius 3 is 2.83 bits per heavy atom. The summed E-state index contributed by atoms with van der Waals surface area (Å²) in [6.07, 6.45) is 2.40. The van der Waals surface area contributed by atoms with E-state index < -0.39 is 0 Å². The molecule has 0 atom stereocenters. The number of nitrogens with one attached hydrogen (secondary N) is 1. The fourth-order valence-electron chi connectivity index (χ4n) is 1.80. The summed E-state index contributed by atoms with van der Waals surface area (Å²) in [7, 11) is 0. The van der Waals surface area contributed by atoms with Gasteiger partial charge in [-0.2, -0.15) is 0 Å². The average molecular weight is 267 g/mol. The monoisotopic (exact) mass is 267 g/mol. The van der Waals surface area contributed by atoms with Crippen molar-refractivity contribution in [3.63, 3.8) is 0 Å². The molecular weight excluding hydrogens is 246 g/mol. The van der Waals surface area contributed by atoms with Crippen molar-refractivity contribution < 1.29 is 9.47 Å². The average Bonchev–Trinajstić information content (AvgIpc) is 2.42. The van der Waals surface area contributed by atoms with Crippen LogP contribution in [0.3, 0.4) is 0 Å². The molecule has 0 fully saturated rings. The molecular formula is C14H21NO2S. The van der Waals surface area contributed by atoms with Crippen LogP contribution in [-0.2, 0) is 0 Å². The highest BCUT2D eigenvalue weighted by molar-refractivity contribution is 7.99. The van der Waals surface area contributed by atoms with Gasteiger partial charge in [-0.3, -0.25) is 0 Å². The maximum Gasteiger partial charge on any atom is 0.162 e. The van der Waals surface area contributed by atoms with E-state index in [1.54, 1.807) is 0 Å². The number of hydrogen-bond donors (Lipinski definition) is 1. The second-order valence-electron chi connectivity index (χ2n) is 4.26. The van der Waals surface area contributed by atoms with Crippen LogP contribution in [0, 0.1) is 0 Å². The van der Waals surface area contributed by atoms with Gasteiger partial charge in [0, 0.05) is 4.90 Å². The molecule has 0 spiro atoms. The van der Waals surface area contributed by atoms with Gasteiger partial charge in [0.05, 0.1) is 0 Å². The van der Waals surface area contributed by atoms with Gasteiger partial charge in [-0.05, 0) is 49.9 Å². The van der Waals surface area contributed by atoms with Crippen LogP contribution in [0.15, 0.2) is 23.1 Å². The number of ether oxygens (including phenoxy) is 2. The van der Waals surface area contributed by atoms with E-state index in [9.17, 15) is 0 Å². The summed E-state index contributed by atoms with van der Waals surface area (Å²) < 4.78 is 11.1. The maximum atomic E-state index is 5.57. The van der Waals surface area contributed by atoms with Crippen LogP contribution < -0.4 is 14.8 Å². The van der Waals surface area contributed by atoms with Crippen LogP contribution in [0.5, 0.6) is 11.5 Å². The zero-order chi connectivity index (χ0) is 12.6. The molecule has 0 unspecified atom stereocenters. The van der Waals surface area contributed by atoms with Crippen molar-refractivity contribution in [1.82, 2.24) is 5.32 Å². The fraction of sp³-hybridized carbons (Fsp3) is 0.571. The van der Waals surface area contributed by atoms with Crippen molar-refractivity contribution in [2.24, 2.45) is 0 Å². The Bertz CT molecular complexity index is 371. The van der Waals surface area contributed by atoms with Gasteiger partial charge in [-0.25, -0.2) is 0 Å². The number of fused-ring (bicyclic) bond motifs is 1. The number of hydrogen-bond acceptors (Lipinski definition) is 4. The van der Waals surface area contributed by atoms with E-state index in [0.717, 1.165) is 30.3 Å². The van der Waals surface area contributed by atoms with E-state index in [1.165, 1.54) is 17.7 Å². The molecule has 18 heavy (non-hydrogen) atoms. The van der Waals surface area contributed by atoms with Gasteiger partial charge in [0.25, 0.3) is 0 Å². The topological polar surface area (TPSA) is 30.5 Å². The zero-order valence-corrected chi connectivity index (χ0v) is 11.7. The Kier molecular flexibility index (Phi) is 5.68. The molecule has 0 amide bonds. The van der Waals surface area contributed by atoms with Gasteiger partial charge >= 0.3 is 0 Å². The summed E-state index contributed by atoms with van der Waals surface area (Å²) in [5.41, 5.74) is 0. The molecule has 0 bridgehead atoms. The maximum absolute atomic E-state index is 5.57. The molecule has 1 aromatic carbocycles. The minimum absolute atomic E-state index is 0.655. The van der Waals surface area contributed by atoms with Crippen molar-refractivity contribution in [3.8, 4) is 11.5 Å². The molecule has 3 nitrogen and oxygen atoms in total. The smallest absolute Gasteiger partial charge is 0.162 e. The molecule has 0 aliphatic carbocycles. The van der Waals surface area contributed by atoms with Gasteiger partial charge in [0.15, 0.2) is 11.5 Å². The van der Waals surface area contributed by atoms with Crippen molar-refractivity contribution in [3.05, 3.63) is 18.2 Å². The standard InChI is InChI=1S/C14H21NO2S/c1-2-6-15-7-3-10-18-12-4-5-13-14(11-12)17-9-8-16-13/h4-5,11,15H,2-3,6-10H2,1H3. The lowest BCUT2D eigenvalue weighted by Gasteiger charge is -2.18. The molecule has 100 valence electrons.